The Hall–Kier alpha value is -2.28. The summed E-state index contributed by atoms with van der Waals surface area (Å²) in [7, 11) is 0. The molecule has 1 aliphatic heterocycles. The third kappa shape index (κ3) is 2.05. The maximum atomic E-state index is 9.27. The highest BCUT2D eigenvalue weighted by Crippen LogP contribution is 2.30. The highest BCUT2D eigenvalue weighted by Gasteiger charge is 2.24. The van der Waals surface area contributed by atoms with Crippen LogP contribution in [-0.4, -0.2) is 16.3 Å². The molecule has 0 saturated carbocycles. The van der Waals surface area contributed by atoms with E-state index in [1.54, 1.807) is 0 Å². The van der Waals surface area contributed by atoms with Gasteiger partial charge in [-0.3, -0.25) is 0 Å². The highest BCUT2D eigenvalue weighted by atomic mass is 15.3. The van der Waals surface area contributed by atoms with Crippen molar-refractivity contribution in [1.29, 1.82) is 5.26 Å². The normalized spacial score (nSPS) is 13.1. The fourth-order valence-corrected chi connectivity index (χ4v) is 2.72. The minimum absolute atomic E-state index is 0.578. The molecule has 4 heteroatoms. The lowest BCUT2D eigenvalue weighted by atomic mass is 10.0. The van der Waals surface area contributed by atoms with Crippen LogP contribution in [0.1, 0.15) is 30.7 Å². The van der Waals surface area contributed by atoms with E-state index in [4.69, 9.17) is 5.10 Å². The summed E-state index contributed by atoms with van der Waals surface area (Å²) in [6, 6.07) is 9.86. The van der Waals surface area contributed by atoms with Gasteiger partial charge < -0.3 is 5.32 Å². The standard InChI is InChI=1S/C16H18N4/c1-11(2)9-14-13-7-8-18-16(13)20(19-14)15-6-4-3-5-12(15)10-17/h3-6,11,18H,7-9H2,1-2H3. The topological polar surface area (TPSA) is 53.6 Å². The molecular weight excluding hydrogens is 248 g/mol. The van der Waals surface area contributed by atoms with E-state index >= 15 is 0 Å². The van der Waals surface area contributed by atoms with Crippen molar-refractivity contribution in [3.05, 3.63) is 41.1 Å². The van der Waals surface area contributed by atoms with E-state index in [0.717, 1.165) is 36.6 Å². The maximum absolute atomic E-state index is 9.27. The second-order valence-electron chi connectivity index (χ2n) is 5.59. The lowest BCUT2D eigenvalue weighted by Crippen LogP contribution is -2.07. The number of nitrogens with one attached hydrogen (secondary N) is 1. The lowest BCUT2D eigenvalue weighted by molar-refractivity contribution is 0.624. The van der Waals surface area contributed by atoms with Crippen molar-refractivity contribution in [3.63, 3.8) is 0 Å². The summed E-state index contributed by atoms with van der Waals surface area (Å²) in [4.78, 5) is 0. The molecule has 0 amide bonds. The molecule has 1 aliphatic rings. The Morgan fingerprint density at radius 1 is 1.40 bits per heavy atom. The summed E-state index contributed by atoms with van der Waals surface area (Å²) in [6.07, 6.45) is 2.00. The van der Waals surface area contributed by atoms with Crippen LogP contribution in [0.2, 0.25) is 0 Å². The van der Waals surface area contributed by atoms with E-state index in [1.807, 2.05) is 28.9 Å². The van der Waals surface area contributed by atoms with E-state index in [1.165, 1.54) is 5.56 Å². The zero-order valence-corrected chi connectivity index (χ0v) is 11.8. The van der Waals surface area contributed by atoms with Crippen LogP contribution >= 0.6 is 0 Å². The monoisotopic (exact) mass is 266 g/mol. The van der Waals surface area contributed by atoms with Gasteiger partial charge in [0.25, 0.3) is 0 Å². The van der Waals surface area contributed by atoms with Crippen LogP contribution in [0.4, 0.5) is 5.82 Å². The molecule has 1 aromatic carbocycles. The van der Waals surface area contributed by atoms with Crippen molar-refractivity contribution in [3.8, 4) is 11.8 Å². The molecule has 1 N–H and O–H groups in total. The van der Waals surface area contributed by atoms with Crippen LogP contribution in [-0.2, 0) is 12.8 Å². The average Bonchev–Trinajstić information content (AvgIpc) is 3.02. The molecule has 0 bridgehead atoms. The Morgan fingerprint density at radius 3 is 2.95 bits per heavy atom. The summed E-state index contributed by atoms with van der Waals surface area (Å²) in [5.74, 6) is 1.64. The van der Waals surface area contributed by atoms with Gasteiger partial charge in [-0.05, 0) is 30.9 Å². The Balaban J connectivity index is 2.13. The number of nitrogens with zero attached hydrogens (tertiary/aromatic N) is 3. The van der Waals surface area contributed by atoms with E-state index in [9.17, 15) is 5.26 Å². The van der Waals surface area contributed by atoms with Gasteiger partial charge in [0, 0.05) is 12.1 Å². The fourth-order valence-electron chi connectivity index (χ4n) is 2.72. The van der Waals surface area contributed by atoms with Crippen LogP contribution in [0, 0.1) is 17.2 Å². The third-order valence-corrected chi connectivity index (χ3v) is 3.59. The van der Waals surface area contributed by atoms with Gasteiger partial charge in [-0.15, -0.1) is 0 Å². The first-order valence-electron chi connectivity index (χ1n) is 7.05. The SMILES string of the molecule is CC(C)Cc1nn(-c2ccccc2C#N)c2c1CCN2. The first-order chi connectivity index (χ1) is 9.70. The molecule has 0 saturated heterocycles. The average molecular weight is 266 g/mol. The Labute approximate surface area is 119 Å². The first-order valence-corrected chi connectivity index (χ1v) is 7.05. The number of rotatable bonds is 3. The van der Waals surface area contributed by atoms with E-state index < -0.39 is 0 Å². The van der Waals surface area contributed by atoms with E-state index in [0.29, 0.717) is 11.5 Å². The van der Waals surface area contributed by atoms with E-state index in [2.05, 4.69) is 25.2 Å². The largest absolute Gasteiger partial charge is 0.369 e. The molecule has 0 atom stereocenters. The number of nitriles is 1. The number of hydrogen-bond acceptors (Lipinski definition) is 3. The van der Waals surface area contributed by atoms with Crippen molar-refractivity contribution in [2.75, 3.05) is 11.9 Å². The first kappa shape index (κ1) is 12.7. The number of hydrogen-bond donors (Lipinski definition) is 1. The lowest BCUT2D eigenvalue weighted by Gasteiger charge is -2.08. The van der Waals surface area contributed by atoms with Gasteiger partial charge in [0.15, 0.2) is 0 Å². The van der Waals surface area contributed by atoms with E-state index in [-0.39, 0.29) is 0 Å². The highest BCUT2D eigenvalue weighted by molar-refractivity contribution is 5.60. The molecular formula is C16H18N4. The predicted octanol–water partition coefficient (Wildman–Crippen LogP) is 2.91. The minimum atomic E-state index is 0.578. The zero-order valence-electron chi connectivity index (χ0n) is 11.8. The van der Waals surface area contributed by atoms with Crippen LogP contribution in [0.3, 0.4) is 0 Å². The predicted molar refractivity (Wildman–Crippen MR) is 79.0 cm³/mol. The fraction of sp³-hybridized carbons (Fsp3) is 0.375. The van der Waals surface area contributed by atoms with Crippen LogP contribution in [0.15, 0.2) is 24.3 Å². The summed E-state index contributed by atoms with van der Waals surface area (Å²) < 4.78 is 1.90. The molecule has 102 valence electrons. The van der Waals surface area contributed by atoms with Crippen LogP contribution < -0.4 is 5.32 Å². The van der Waals surface area contributed by atoms with Gasteiger partial charge in [0.2, 0.25) is 0 Å². The molecule has 0 unspecified atom stereocenters. The number of benzene rings is 1. The molecule has 4 nitrogen and oxygen atoms in total. The third-order valence-electron chi connectivity index (χ3n) is 3.59. The van der Waals surface area contributed by atoms with Gasteiger partial charge >= 0.3 is 0 Å². The molecule has 20 heavy (non-hydrogen) atoms. The Kier molecular flexibility index (Phi) is 3.19. The smallest absolute Gasteiger partial charge is 0.133 e. The van der Waals surface area contributed by atoms with Crippen molar-refractivity contribution in [2.24, 2.45) is 5.92 Å². The second kappa shape index (κ2) is 5.01. The molecule has 3 rings (SSSR count). The molecule has 0 fully saturated rings. The van der Waals surface area contributed by atoms with Crippen molar-refractivity contribution < 1.29 is 0 Å². The van der Waals surface area contributed by atoms with Crippen molar-refractivity contribution >= 4 is 5.82 Å². The molecule has 0 radical (unpaired) electrons. The quantitative estimate of drug-likeness (QED) is 0.929. The summed E-state index contributed by atoms with van der Waals surface area (Å²) in [5, 5.41) is 17.4. The summed E-state index contributed by atoms with van der Waals surface area (Å²) in [6.45, 7) is 5.36. The molecule has 0 spiro atoms. The summed E-state index contributed by atoms with van der Waals surface area (Å²) in [5.41, 5.74) is 3.98. The number of aromatic nitrogens is 2. The van der Waals surface area contributed by atoms with Gasteiger partial charge in [-0.2, -0.15) is 10.4 Å². The minimum Gasteiger partial charge on any atom is -0.369 e. The van der Waals surface area contributed by atoms with Gasteiger partial charge in [-0.1, -0.05) is 26.0 Å². The number of fused-ring (bicyclic) bond motifs is 1. The Morgan fingerprint density at radius 2 is 2.20 bits per heavy atom. The number of para-hydroxylation sites is 1. The molecule has 2 heterocycles. The van der Waals surface area contributed by atoms with Gasteiger partial charge in [0.1, 0.15) is 11.9 Å². The second-order valence-corrected chi connectivity index (χ2v) is 5.59. The van der Waals surface area contributed by atoms with Crippen LogP contribution in [0.25, 0.3) is 5.69 Å². The van der Waals surface area contributed by atoms with Crippen molar-refractivity contribution in [1.82, 2.24) is 9.78 Å². The van der Waals surface area contributed by atoms with Crippen LogP contribution in [0.5, 0.6) is 0 Å². The number of anilines is 1. The molecule has 1 aromatic heterocycles. The molecule has 2 aromatic rings. The van der Waals surface area contributed by atoms with Gasteiger partial charge in [0.05, 0.1) is 16.9 Å². The summed E-state index contributed by atoms with van der Waals surface area (Å²) >= 11 is 0. The van der Waals surface area contributed by atoms with Gasteiger partial charge in [-0.25, -0.2) is 4.68 Å². The molecule has 0 aliphatic carbocycles. The van der Waals surface area contributed by atoms with Crippen molar-refractivity contribution in [2.45, 2.75) is 26.7 Å². The Bertz CT molecular complexity index is 676. The maximum Gasteiger partial charge on any atom is 0.133 e. The zero-order chi connectivity index (χ0) is 14.1.